The van der Waals surface area contributed by atoms with Crippen molar-refractivity contribution in [1.82, 2.24) is 9.88 Å². The molecule has 1 aliphatic carbocycles. The van der Waals surface area contributed by atoms with Crippen LogP contribution in [0.2, 0.25) is 0 Å². The SMILES string of the molecule is O=C(COc1cccnc1[N+](=O)[O-])N1CCC2CCCCC2C1. The maximum Gasteiger partial charge on any atom is 0.406 e. The van der Waals surface area contributed by atoms with E-state index in [1.807, 2.05) is 4.90 Å². The Bertz CT molecular complexity index is 592. The van der Waals surface area contributed by atoms with Gasteiger partial charge >= 0.3 is 5.82 Å². The van der Waals surface area contributed by atoms with E-state index >= 15 is 0 Å². The maximum atomic E-state index is 12.3. The second kappa shape index (κ2) is 6.93. The number of ether oxygens (including phenoxy) is 1. The number of fused-ring (bicyclic) bond motifs is 1. The Morgan fingerprint density at radius 1 is 1.35 bits per heavy atom. The molecule has 23 heavy (non-hydrogen) atoms. The van der Waals surface area contributed by atoms with Crippen LogP contribution in [-0.4, -0.2) is 40.4 Å². The third kappa shape index (κ3) is 3.60. The van der Waals surface area contributed by atoms with Crippen LogP contribution in [0.25, 0.3) is 0 Å². The molecule has 0 spiro atoms. The number of likely N-dealkylation sites (tertiary alicyclic amines) is 1. The van der Waals surface area contributed by atoms with Gasteiger partial charge < -0.3 is 19.8 Å². The molecule has 2 aliphatic rings. The lowest BCUT2D eigenvalue weighted by Crippen LogP contribution is -2.46. The highest BCUT2D eigenvalue weighted by Crippen LogP contribution is 2.36. The number of carbonyl (C=O) groups excluding carboxylic acids is 1. The first kappa shape index (κ1) is 15.7. The van der Waals surface area contributed by atoms with Gasteiger partial charge in [0.15, 0.2) is 6.61 Å². The summed E-state index contributed by atoms with van der Waals surface area (Å²) in [6.45, 7) is 1.38. The van der Waals surface area contributed by atoms with E-state index in [9.17, 15) is 14.9 Å². The molecule has 7 nitrogen and oxygen atoms in total. The van der Waals surface area contributed by atoms with Gasteiger partial charge in [0.05, 0.1) is 0 Å². The van der Waals surface area contributed by atoms with Gasteiger partial charge in [-0.1, -0.05) is 19.3 Å². The normalized spacial score (nSPS) is 23.9. The molecule has 2 heterocycles. The number of pyridine rings is 1. The maximum absolute atomic E-state index is 12.3. The fourth-order valence-corrected chi connectivity index (χ4v) is 3.69. The van der Waals surface area contributed by atoms with E-state index in [1.54, 1.807) is 6.07 Å². The first-order chi connectivity index (χ1) is 11.1. The summed E-state index contributed by atoms with van der Waals surface area (Å²) in [7, 11) is 0. The van der Waals surface area contributed by atoms with Gasteiger partial charge in [0.2, 0.25) is 5.75 Å². The lowest BCUT2D eigenvalue weighted by atomic mass is 9.75. The van der Waals surface area contributed by atoms with E-state index in [-0.39, 0.29) is 24.1 Å². The highest BCUT2D eigenvalue weighted by atomic mass is 16.6. The van der Waals surface area contributed by atoms with Crippen LogP contribution in [0.4, 0.5) is 5.82 Å². The van der Waals surface area contributed by atoms with Gasteiger partial charge in [0, 0.05) is 13.1 Å². The molecule has 7 heteroatoms. The number of rotatable bonds is 4. The van der Waals surface area contributed by atoms with E-state index in [0.29, 0.717) is 5.92 Å². The molecular formula is C16H21N3O4. The van der Waals surface area contributed by atoms with Crippen molar-refractivity contribution in [3.8, 4) is 5.75 Å². The second-order valence-electron chi connectivity index (χ2n) is 6.30. The van der Waals surface area contributed by atoms with Crippen molar-refractivity contribution in [3.63, 3.8) is 0 Å². The lowest BCUT2D eigenvalue weighted by Gasteiger charge is -2.41. The predicted molar refractivity (Wildman–Crippen MR) is 83.0 cm³/mol. The summed E-state index contributed by atoms with van der Waals surface area (Å²) in [5.74, 6) is 0.944. The smallest absolute Gasteiger partial charge is 0.406 e. The van der Waals surface area contributed by atoms with Crippen molar-refractivity contribution in [2.45, 2.75) is 32.1 Å². The van der Waals surface area contributed by atoms with Crippen molar-refractivity contribution in [2.24, 2.45) is 11.8 Å². The molecule has 0 N–H and O–H groups in total. The molecule has 124 valence electrons. The summed E-state index contributed by atoms with van der Waals surface area (Å²) in [6.07, 6.45) is 7.43. The summed E-state index contributed by atoms with van der Waals surface area (Å²) in [6, 6.07) is 3.02. The summed E-state index contributed by atoms with van der Waals surface area (Å²) >= 11 is 0. The lowest BCUT2D eigenvalue weighted by molar-refractivity contribution is -0.390. The Kier molecular flexibility index (Phi) is 4.73. The zero-order chi connectivity index (χ0) is 16.2. The van der Waals surface area contributed by atoms with E-state index in [0.717, 1.165) is 25.4 Å². The molecule has 0 radical (unpaired) electrons. The van der Waals surface area contributed by atoms with Gasteiger partial charge in [-0.3, -0.25) is 4.79 Å². The van der Waals surface area contributed by atoms with Gasteiger partial charge in [-0.25, -0.2) is 0 Å². The number of hydrogen-bond donors (Lipinski definition) is 0. The number of carbonyl (C=O) groups is 1. The first-order valence-corrected chi connectivity index (χ1v) is 8.15. The number of hydrogen-bond acceptors (Lipinski definition) is 5. The number of amides is 1. The Labute approximate surface area is 134 Å². The molecular weight excluding hydrogens is 298 g/mol. The van der Waals surface area contributed by atoms with Crippen LogP contribution >= 0.6 is 0 Å². The Morgan fingerprint density at radius 2 is 2.13 bits per heavy atom. The summed E-state index contributed by atoms with van der Waals surface area (Å²) < 4.78 is 5.35. The molecule has 2 unspecified atom stereocenters. The van der Waals surface area contributed by atoms with Gasteiger partial charge in [-0.05, 0) is 46.7 Å². The fraction of sp³-hybridized carbons (Fsp3) is 0.625. The van der Waals surface area contributed by atoms with Crippen LogP contribution in [0, 0.1) is 22.0 Å². The molecule has 1 aromatic rings. The van der Waals surface area contributed by atoms with Crippen molar-refractivity contribution in [3.05, 3.63) is 28.4 Å². The standard InChI is InChI=1S/C16H21N3O4/c20-15(11-23-14-6-3-8-17-16(14)19(21)22)18-9-7-12-4-1-2-5-13(12)10-18/h3,6,8,12-13H,1-2,4-5,7,9-11H2. The zero-order valence-corrected chi connectivity index (χ0v) is 13.0. The van der Waals surface area contributed by atoms with Gasteiger partial charge in [-0.15, -0.1) is 0 Å². The van der Waals surface area contributed by atoms with Crippen molar-refractivity contribution >= 4 is 11.7 Å². The van der Waals surface area contributed by atoms with E-state index in [4.69, 9.17) is 4.74 Å². The molecule has 0 aromatic carbocycles. The Balaban J connectivity index is 1.57. The summed E-state index contributed by atoms with van der Waals surface area (Å²) in [4.78, 5) is 28.1. The van der Waals surface area contributed by atoms with Gasteiger partial charge in [0.1, 0.15) is 6.20 Å². The van der Waals surface area contributed by atoms with Crippen LogP contribution in [-0.2, 0) is 4.79 Å². The molecule has 1 saturated heterocycles. The predicted octanol–water partition coefficient (Wildman–Crippen LogP) is 2.41. The monoisotopic (exact) mass is 319 g/mol. The number of nitrogens with zero attached hydrogens (tertiary/aromatic N) is 3. The average molecular weight is 319 g/mol. The topological polar surface area (TPSA) is 85.6 Å². The van der Waals surface area contributed by atoms with Gasteiger partial charge in [0.25, 0.3) is 5.91 Å². The minimum atomic E-state index is -0.604. The molecule has 1 aromatic heterocycles. The quantitative estimate of drug-likeness (QED) is 0.628. The van der Waals surface area contributed by atoms with Crippen LogP contribution in [0.3, 0.4) is 0 Å². The zero-order valence-electron chi connectivity index (χ0n) is 13.0. The molecule has 1 amide bonds. The molecule has 0 bridgehead atoms. The third-order valence-electron chi connectivity index (χ3n) is 4.92. The van der Waals surface area contributed by atoms with Crippen molar-refractivity contribution < 1.29 is 14.5 Å². The Morgan fingerprint density at radius 3 is 2.91 bits per heavy atom. The Hall–Kier alpha value is -2.18. The number of nitro groups is 1. The number of aromatic nitrogens is 1. The van der Waals surface area contributed by atoms with E-state index in [2.05, 4.69) is 4.98 Å². The molecule has 1 aliphatic heterocycles. The van der Waals surface area contributed by atoms with Gasteiger partial charge in [-0.2, -0.15) is 0 Å². The minimum Gasteiger partial charge on any atom is -0.476 e. The molecule has 1 saturated carbocycles. The highest BCUT2D eigenvalue weighted by Gasteiger charge is 2.33. The van der Waals surface area contributed by atoms with E-state index < -0.39 is 4.92 Å². The average Bonchev–Trinajstić information content (AvgIpc) is 2.59. The molecule has 2 fully saturated rings. The second-order valence-corrected chi connectivity index (χ2v) is 6.30. The largest absolute Gasteiger partial charge is 0.476 e. The first-order valence-electron chi connectivity index (χ1n) is 8.15. The van der Waals surface area contributed by atoms with Crippen molar-refractivity contribution in [1.29, 1.82) is 0 Å². The van der Waals surface area contributed by atoms with Crippen LogP contribution in [0.1, 0.15) is 32.1 Å². The number of piperidine rings is 1. The minimum absolute atomic E-state index is 0.0402. The molecule has 2 atom stereocenters. The van der Waals surface area contributed by atoms with Crippen LogP contribution in [0.15, 0.2) is 18.3 Å². The van der Waals surface area contributed by atoms with E-state index in [1.165, 1.54) is 37.9 Å². The fourth-order valence-electron chi connectivity index (χ4n) is 3.69. The summed E-state index contributed by atoms with van der Waals surface area (Å²) in [5.41, 5.74) is 0. The third-order valence-corrected chi connectivity index (χ3v) is 4.92. The summed E-state index contributed by atoms with van der Waals surface area (Å²) in [5, 5.41) is 10.9. The molecule has 3 rings (SSSR count). The highest BCUT2D eigenvalue weighted by molar-refractivity contribution is 5.78. The van der Waals surface area contributed by atoms with Crippen molar-refractivity contribution in [2.75, 3.05) is 19.7 Å². The van der Waals surface area contributed by atoms with Crippen LogP contribution < -0.4 is 4.74 Å². The van der Waals surface area contributed by atoms with Crippen LogP contribution in [0.5, 0.6) is 5.75 Å².